The molecule has 0 unspecified atom stereocenters. The maximum Gasteiger partial charge on any atom is 0.268 e. The number of carbonyl (C=O) groups is 2. The fourth-order valence-electron chi connectivity index (χ4n) is 5.57. The van der Waals surface area contributed by atoms with Crippen molar-refractivity contribution in [2.75, 3.05) is 4.90 Å². The van der Waals surface area contributed by atoms with Crippen molar-refractivity contribution in [2.45, 2.75) is 0 Å². The predicted molar refractivity (Wildman–Crippen MR) is 149 cm³/mol. The first kappa shape index (κ1) is 21.8. The van der Waals surface area contributed by atoms with Gasteiger partial charge in [-0.3, -0.25) is 9.59 Å². The Kier molecular flexibility index (Phi) is 4.75. The van der Waals surface area contributed by atoms with E-state index < -0.39 is 0 Å². The van der Waals surface area contributed by atoms with Crippen LogP contribution in [0.25, 0.3) is 38.6 Å². The summed E-state index contributed by atoms with van der Waals surface area (Å²) in [7, 11) is 0. The molecule has 0 radical (unpaired) electrons. The molecule has 6 aromatic rings. The number of fused-ring (bicyclic) bond motifs is 4. The van der Waals surface area contributed by atoms with Gasteiger partial charge in [0.15, 0.2) is 0 Å². The quantitative estimate of drug-likeness (QED) is 0.249. The van der Waals surface area contributed by atoms with Crippen molar-refractivity contribution < 1.29 is 9.59 Å². The lowest BCUT2D eigenvalue weighted by molar-refractivity contribution is 0.0926. The highest BCUT2D eigenvalue weighted by molar-refractivity contribution is 6.35. The van der Waals surface area contributed by atoms with Gasteiger partial charge in [-0.25, -0.2) is 4.90 Å². The van der Waals surface area contributed by atoms with E-state index in [0.717, 1.165) is 32.9 Å². The minimum absolute atomic E-state index is 0.339. The molecular weight excluding hydrogens is 470 g/mol. The number of imide groups is 1. The van der Waals surface area contributed by atoms with E-state index in [9.17, 15) is 14.9 Å². The summed E-state index contributed by atoms with van der Waals surface area (Å²) in [6.45, 7) is 0. The third-order valence-corrected chi connectivity index (χ3v) is 7.18. The van der Waals surface area contributed by atoms with Gasteiger partial charge in [0.05, 0.1) is 45.2 Å². The minimum atomic E-state index is -0.354. The van der Waals surface area contributed by atoms with Crippen LogP contribution in [-0.2, 0) is 0 Å². The molecule has 0 spiro atoms. The van der Waals surface area contributed by atoms with Gasteiger partial charge in [0.1, 0.15) is 0 Å². The summed E-state index contributed by atoms with van der Waals surface area (Å²) in [4.78, 5) is 28.6. The van der Waals surface area contributed by atoms with Gasteiger partial charge in [-0.05, 0) is 36.4 Å². The molecule has 2 heterocycles. The van der Waals surface area contributed by atoms with Crippen molar-refractivity contribution >= 4 is 39.3 Å². The SMILES string of the molecule is N#Cc1ccccc1-c1cccc2c3ccccc3n(-c3cccc4c3C(=O)N(c3ccccc3)C4=O)c12. The van der Waals surface area contributed by atoms with Gasteiger partial charge in [0.25, 0.3) is 11.8 Å². The molecule has 5 heteroatoms. The average Bonchev–Trinajstić information content (AvgIpc) is 3.45. The normalized spacial score (nSPS) is 12.8. The van der Waals surface area contributed by atoms with Crippen LogP contribution in [0.5, 0.6) is 0 Å². The maximum absolute atomic E-state index is 13.9. The average molecular weight is 490 g/mol. The zero-order valence-corrected chi connectivity index (χ0v) is 20.1. The third-order valence-electron chi connectivity index (χ3n) is 7.18. The van der Waals surface area contributed by atoms with Gasteiger partial charge >= 0.3 is 0 Å². The van der Waals surface area contributed by atoms with E-state index in [1.807, 2.05) is 78.9 Å². The molecule has 2 amide bonds. The van der Waals surface area contributed by atoms with E-state index in [1.54, 1.807) is 24.3 Å². The number of benzene rings is 5. The number of anilines is 1. The Morgan fingerprint density at radius 2 is 1.24 bits per heavy atom. The van der Waals surface area contributed by atoms with Crippen LogP contribution in [0.3, 0.4) is 0 Å². The molecule has 0 fully saturated rings. The zero-order chi connectivity index (χ0) is 25.8. The number of nitriles is 1. The molecule has 178 valence electrons. The Labute approximate surface area is 218 Å². The molecule has 0 saturated heterocycles. The second-order valence-electron chi connectivity index (χ2n) is 9.19. The molecule has 5 nitrogen and oxygen atoms in total. The van der Waals surface area contributed by atoms with Crippen LogP contribution in [0.1, 0.15) is 26.3 Å². The van der Waals surface area contributed by atoms with Crippen molar-refractivity contribution in [2.24, 2.45) is 0 Å². The van der Waals surface area contributed by atoms with Crippen LogP contribution in [0, 0.1) is 11.3 Å². The van der Waals surface area contributed by atoms with Gasteiger partial charge in [0, 0.05) is 21.9 Å². The van der Waals surface area contributed by atoms with E-state index >= 15 is 0 Å². The molecular formula is C33H19N3O2. The van der Waals surface area contributed by atoms with E-state index in [-0.39, 0.29) is 11.8 Å². The molecule has 0 aliphatic carbocycles. The van der Waals surface area contributed by atoms with E-state index in [2.05, 4.69) is 22.8 Å². The van der Waals surface area contributed by atoms with Gasteiger partial charge < -0.3 is 4.57 Å². The lowest BCUT2D eigenvalue weighted by Gasteiger charge is -2.16. The van der Waals surface area contributed by atoms with Crippen LogP contribution in [0.15, 0.2) is 115 Å². The Morgan fingerprint density at radius 1 is 0.579 bits per heavy atom. The van der Waals surface area contributed by atoms with Gasteiger partial charge in [0.2, 0.25) is 0 Å². The number of carbonyl (C=O) groups excluding carboxylic acids is 2. The highest BCUT2D eigenvalue weighted by Crippen LogP contribution is 2.41. The van der Waals surface area contributed by atoms with Crippen LogP contribution in [0.4, 0.5) is 5.69 Å². The molecule has 5 aromatic carbocycles. The van der Waals surface area contributed by atoms with Crippen molar-refractivity contribution in [3.63, 3.8) is 0 Å². The van der Waals surface area contributed by atoms with Crippen molar-refractivity contribution in [3.05, 3.63) is 132 Å². The summed E-state index contributed by atoms with van der Waals surface area (Å²) in [6.07, 6.45) is 0. The first-order valence-electron chi connectivity index (χ1n) is 12.3. The fourth-order valence-corrected chi connectivity index (χ4v) is 5.57. The molecule has 1 aliphatic heterocycles. The number of hydrogen-bond acceptors (Lipinski definition) is 3. The monoisotopic (exact) mass is 489 g/mol. The smallest absolute Gasteiger partial charge is 0.268 e. The summed E-state index contributed by atoms with van der Waals surface area (Å²) in [6, 6.07) is 38.3. The Balaban J connectivity index is 1.58. The fraction of sp³-hybridized carbons (Fsp3) is 0. The van der Waals surface area contributed by atoms with Crippen LogP contribution in [-0.4, -0.2) is 16.4 Å². The summed E-state index contributed by atoms with van der Waals surface area (Å²) in [5.74, 6) is -0.693. The Morgan fingerprint density at radius 3 is 2.08 bits per heavy atom. The maximum atomic E-state index is 13.9. The molecule has 7 rings (SSSR count). The van der Waals surface area contributed by atoms with Crippen molar-refractivity contribution in [1.29, 1.82) is 5.26 Å². The largest absolute Gasteiger partial charge is 0.308 e. The highest BCUT2D eigenvalue weighted by Gasteiger charge is 2.39. The first-order valence-corrected chi connectivity index (χ1v) is 12.3. The van der Waals surface area contributed by atoms with Gasteiger partial charge in [-0.2, -0.15) is 5.26 Å². The lowest BCUT2D eigenvalue weighted by atomic mass is 9.97. The Hall–Kier alpha value is -5.47. The molecule has 0 atom stereocenters. The lowest BCUT2D eigenvalue weighted by Crippen LogP contribution is -2.29. The molecule has 0 saturated carbocycles. The third kappa shape index (κ3) is 2.98. The molecule has 1 aromatic heterocycles. The molecule has 38 heavy (non-hydrogen) atoms. The van der Waals surface area contributed by atoms with E-state index in [0.29, 0.717) is 28.1 Å². The highest BCUT2D eigenvalue weighted by atomic mass is 16.2. The van der Waals surface area contributed by atoms with Crippen LogP contribution >= 0.6 is 0 Å². The van der Waals surface area contributed by atoms with Crippen LogP contribution < -0.4 is 4.90 Å². The predicted octanol–water partition coefficient (Wildman–Crippen LogP) is 7.12. The number of para-hydroxylation sites is 3. The molecule has 1 aliphatic rings. The molecule has 0 bridgehead atoms. The second kappa shape index (κ2) is 8.29. The number of hydrogen-bond donors (Lipinski definition) is 0. The van der Waals surface area contributed by atoms with Gasteiger partial charge in [-0.15, -0.1) is 0 Å². The summed E-state index contributed by atoms with van der Waals surface area (Å²) in [5.41, 5.74) is 5.96. The van der Waals surface area contributed by atoms with Crippen LogP contribution in [0.2, 0.25) is 0 Å². The van der Waals surface area contributed by atoms with Crippen molar-refractivity contribution in [3.8, 4) is 22.9 Å². The number of nitrogens with zero attached hydrogens (tertiary/aromatic N) is 3. The second-order valence-corrected chi connectivity index (χ2v) is 9.19. The minimum Gasteiger partial charge on any atom is -0.308 e. The number of rotatable bonds is 3. The summed E-state index contributed by atoms with van der Waals surface area (Å²) < 4.78 is 2.06. The summed E-state index contributed by atoms with van der Waals surface area (Å²) >= 11 is 0. The van der Waals surface area contributed by atoms with E-state index in [1.165, 1.54) is 4.90 Å². The van der Waals surface area contributed by atoms with Crippen molar-refractivity contribution in [1.82, 2.24) is 4.57 Å². The van der Waals surface area contributed by atoms with Gasteiger partial charge in [-0.1, -0.05) is 78.9 Å². The summed E-state index contributed by atoms with van der Waals surface area (Å²) in [5, 5.41) is 11.9. The topological polar surface area (TPSA) is 66.1 Å². The van der Waals surface area contributed by atoms with E-state index in [4.69, 9.17) is 0 Å². The number of amides is 2. The Bertz CT molecular complexity index is 1980. The number of aromatic nitrogens is 1. The zero-order valence-electron chi connectivity index (χ0n) is 20.1. The first-order chi connectivity index (χ1) is 18.7. The standard InChI is InChI=1S/C33H19N3O2/c34-20-21-10-4-5-13-23(21)25-15-8-16-26-24-14-6-7-18-28(24)36(31(25)26)29-19-9-17-27-30(29)33(38)35(32(27)37)22-11-2-1-3-12-22/h1-19H. The molecule has 0 N–H and O–H groups in total.